The van der Waals surface area contributed by atoms with E-state index in [-0.39, 0.29) is 37.2 Å². The Morgan fingerprint density at radius 3 is 2.46 bits per heavy atom. The van der Waals surface area contributed by atoms with E-state index in [9.17, 15) is 14.4 Å². The molecule has 1 heterocycles. The molecule has 0 spiro atoms. The van der Waals surface area contributed by atoms with Gasteiger partial charge < -0.3 is 20.3 Å². The van der Waals surface area contributed by atoms with E-state index in [4.69, 9.17) is 4.74 Å². The second kappa shape index (κ2) is 8.88. The third kappa shape index (κ3) is 4.89. The first kappa shape index (κ1) is 19.9. The molecular weight excluding hydrogens is 426 g/mol. The Labute approximate surface area is 171 Å². The van der Waals surface area contributed by atoms with Crippen molar-refractivity contribution in [3.05, 3.63) is 53.0 Å². The van der Waals surface area contributed by atoms with Gasteiger partial charge in [0, 0.05) is 28.8 Å². The molecule has 2 N–H and O–H groups in total. The summed E-state index contributed by atoms with van der Waals surface area (Å²) in [5.74, 6) is -0.552. The average molecular weight is 446 g/mol. The molecule has 0 radical (unpaired) electrons. The van der Waals surface area contributed by atoms with Gasteiger partial charge in [0.2, 0.25) is 17.7 Å². The minimum atomic E-state index is -0.491. The van der Waals surface area contributed by atoms with Gasteiger partial charge in [0.15, 0.2) is 0 Å². The molecule has 1 aliphatic rings. The number of nitrogens with one attached hydrogen (secondary N) is 2. The third-order valence-corrected chi connectivity index (χ3v) is 4.96. The summed E-state index contributed by atoms with van der Waals surface area (Å²) < 4.78 is 6.02. The number of carbonyl (C=O) groups excluding carboxylic acids is 3. The molecule has 2 aromatic rings. The van der Waals surface area contributed by atoms with Crippen LogP contribution in [0.5, 0.6) is 5.75 Å². The van der Waals surface area contributed by atoms with E-state index in [1.807, 2.05) is 12.1 Å². The molecule has 1 fully saturated rings. The van der Waals surface area contributed by atoms with Crippen LogP contribution in [0.15, 0.2) is 53.0 Å². The lowest BCUT2D eigenvalue weighted by Crippen LogP contribution is -2.37. The summed E-state index contributed by atoms with van der Waals surface area (Å²) in [5, 5.41) is 5.31. The lowest BCUT2D eigenvalue weighted by atomic mass is 10.1. The molecule has 3 amide bonds. The zero-order chi connectivity index (χ0) is 20.1. The molecule has 0 bridgehead atoms. The number of ether oxygens (including phenoxy) is 1. The van der Waals surface area contributed by atoms with E-state index >= 15 is 0 Å². The molecule has 0 saturated carbocycles. The lowest BCUT2D eigenvalue weighted by molar-refractivity contribution is -0.127. The van der Waals surface area contributed by atoms with Crippen LogP contribution in [-0.4, -0.2) is 37.9 Å². The summed E-state index contributed by atoms with van der Waals surface area (Å²) >= 11 is 3.33. The number of amides is 3. The van der Waals surface area contributed by atoms with Crippen LogP contribution in [-0.2, 0) is 14.4 Å². The fourth-order valence-corrected chi connectivity index (χ4v) is 3.21. The molecule has 2 aromatic carbocycles. The van der Waals surface area contributed by atoms with Crippen LogP contribution in [0.3, 0.4) is 0 Å². The summed E-state index contributed by atoms with van der Waals surface area (Å²) in [6.45, 7) is 0.132. The van der Waals surface area contributed by atoms with Crippen molar-refractivity contribution in [3.8, 4) is 5.75 Å². The summed E-state index contributed by atoms with van der Waals surface area (Å²) in [5.41, 5.74) is 1.36. The largest absolute Gasteiger partial charge is 0.497 e. The molecule has 7 nitrogen and oxygen atoms in total. The van der Waals surface area contributed by atoms with Crippen molar-refractivity contribution in [2.75, 3.05) is 30.4 Å². The Morgan fingerprint density at radius 2 is 1.82 bits per heavy atom. The van der Waals surface area contributed by atoms with Crippen molar-refractivity contribution >= 4 is 45.0 Å². The van der Waals surface area contributed by atoms with Gasteiger partial charge >= 0.3 is 0 Å². The Kier molecular flexibility index (Phi) is 6.30. The van der Waals surface area contributed by atoms with Crippen LogP contribution < -0.4 is 20.3 Å². The maximum absolute atomic E-state index is 12.4. The van der Waals surface area contributed by atoms with Crippen LogP contribution in [0, 0.1) is 5.92 Å². The van der Waals surface area contributed by atoms with Crippen molar-refractivity contribution in [1.29, 1.82) is 0 Å². The van der Waals surface area contributed by atoms with Gasteiger partial charge in [-0.05, 0) is 48.5 Å². The van der Waals surface area contributed by atoms with Crippen LogP contribution >= 0.6 is 15.9 Å². The van der Waals surface area contributed by atoms with Crippen LogP contribution in [0.2, 0.25) is 0 Å². The topological polar surface area (TPSA) is 87.7 Å². The number of anilines is 2. The fraction of sp³-hybridized carbons (Fsp3) is 0.250. The molecule has 0 aliphatic carbocycles. The molecule has 146 valence electrons. The second-order valence-corrected chi connectivity index (χ2v) is 7.29. The van der Waals surface area contributed by atoms with Crippen molar-refractivity contribution in [3.63, 3.8) is 0 Å². The monoisotopic (exact) mass is 445 g/mol. The highest BCUT2D eigenvalue weighted by molar-refractivity contribution is 9.10. The van der Waals surface area contributed by atoms with E-state index in [0.29, 0.717) is 17.1 Å². The first-order valence-electron chi connectivity index (χ1n) is 8.74. The zero-order valence-electron chi connectivity index (χ0n) is 15.3. The maximum Gasteiger partial charge on any atom is 0.243 e. The van der Waals surface area contributed by atoms with Crippen molar-refractivity contribution in [1.82, 2.24) is 5.32 Å². The van der Waals surface area contributed by atoms with Crippen LogP contribution in [0.4, 0.5) is 11.4 Å². The van der Waals surface area contributed by atoms with Gasteiger partial charge in [-0.25, -0.2) is 0 Å². The minimum absolute atomic E-state index is 0.117. The summed E-state index contributed by atoms with van der Waals surface area (Å²) in [4.78, 5) is 38.2. The third-order valence-electron chi connectivity index (χ3n) is 4.43. The molecule has 8 heteroatoms. The number of carbonyl (C=O) groups is 3. The zero-order valence-corrected chi connectivity index (χ0v) is 16.9. The number of nitrogens with zero attached hydrogens (tertiary/aromatic N) is 1. The Hall–Kier alpha value is -2.87. The van der Waals surface area contributed by atoms with E-state index in [2.05, 4.69) is 26.6 Å². The molecule has 28 heavy (non-hydrogen) atoms. The van der Waals surface area contributed by atoms with Gasteiger partial charge in [-0.2, -0.15) is 0 Å². The van der Waals surface area contributed by atoms with Gasteiger partial charge in [-0.1, -0.05) is 15.9 Å². The minimum Gasteiger partial charge on any atom is -0.497 e. The Morgan fingerprint density at radius 1 is 1.14 bits per heavy atom. The first-order valence-corrected chi connectivity index (χ1v) is 9.53. The predicted molar refractivity (Wildman–Crippen MR) is 109 cm³/mol. The van der Waals surface area contributed by atoms with E-state index in [1.165, 1.54) is 0 Å². The second-order valence-electron chi connectivity index (χ2n) is 6.38. The van der Waals surface area contributed by atoms with Crippen LogP contribution in [0.25, 0.3) is 0 Å². The summed E-state index contributed by atoms with van der Waals surface area (Å²) in [6, 6.07) is 14.2. The smallest absolute Gasteiger partial charge is 0.243 e. The SMILES string of the molecule is COc1ccc(N2CC(C(=O)NCC(=O)Nc3ccc(Br)cc3)CC2=O)cc1. The van der Waals surface area contributed by atoms with Gasteiger partial charge in [0.25, 0.3) is 0 Å². The summed E-state index contributed by atoms with van der Waals surface area (Å²) in [6.07, 6.45) is 0.117. The highest BCUT2D eigenvalue weighted by atomic mass is 79.9. The highest BCUT2D eigenvalue weighted by Gasteiger charge is 2.35. The van der Waals surface area contributed by atoms with Crippen molar-refractivity contribution < 1.29 is 19.1 Å². The van der Waals surface area contributed by atoms with Gasteiger partial charge in [-0.3, -0.25) is 14.4 Å². The maximum atomic E-state index is 12.4. The quantitative estimate of drug-likeness (QED) is 0.714. The van der Waals surface area contributed by atoms with E-state index < -0.39 is 5.92 Å². The Balaban J connectivity index is 1.51. The molecule has 1 saturated heterocycles. The van der Waals surface area contributed by atoms with Crippen LogP contribution in [0.1, 0.15) is 6.42 Å². The van der Waals surface area contributed by atoms with Gasteiger partial charge in [0.1, 0.15) is 5.75 Å². The molecule has 1 unspecified atom stereocenters. The molecule has 1 atom stereocenters. The molecule has 1 aliphatic heterocycles. The Bertz CT molecular complexity index is 868. The van der Waals surface area contributed by atoms with Crippen molar-refractivity contribution in [2.45, 2.75) is 6.42 Å². The normalized spacial score (nSPS) is 16.0. The lowest BCUT2D eigenvalue weighted by Gasteiger charge is -2.17. The first-order chi connectivity index (χ1) is 13.5. The number of hydrogen-bond donors (Lipinski definition) is 2. The van der Waals surface area contributed by atoms with Gasteiger partial charge in [0.05, 0.1) is 19.6 Å². The van der Waals surface area contributed by atoms with E-state index in [0.717, 1.165) is 4.47 Å². The molecule has 3 rings (SSSR count). The number of methoxy groups -OCH3 is 1. The number of halogens is 1. The standard InChI is InChI=1S/C20H20BrN3O4/c1-28-17-8-6-16(7-9-17)24-12-13(10-19(24)26)20(27)22-11-18(25)23-15-4-2-14(21)3-5-15/h2-9,13H,10-12H2,1H3,(H,22,27)(H,23,25). The number of rotatable bonds is 6. The highest BCUT2D eigenvalue weighted by Crippen LogP contribution is 2.26. The molecular formula is C20H20BrN3O4. The average Bonchev–Trinajstić information content (AvgIpc) is 3.10. The molecule has 0 aromatic heterocycles. The van der Waals surface area contributed by atoms with E-state index in [1.54, 1.807) is 48.4 Å². The predicted octanol–water partition coefficient (Wildman–Crippen LogP) is 2.57. The number of benzene rings is 2. The van der Waals surface area contributed by atoms with Gasteiger partial charge in [-0.15, -0.1) is 0 Å². The number of hydrogen-bond acceptors (Lipinski definition) is 4. The summed E-state index contributed by atoms with van der Waals surface area (Å²) in [7, 11) is 1.57. The fourth-order valence-electron chi connectivity index (χ4n) is 2.95. The van der Waals surface area contributed by atoms with Crippen molar-refractivity contribution in [2.24, 2.45) is 5.92 Å².